The quantitative estimate of drug-likeness (QED) is 0.315. The van der Waals surface area contributed by atoms with E-state index >= 15 is 0 Å². The number of aromatic nitrogens is 4. The summed E-state index contributed by atoms with van der Waals surface area (Å²) in [5.74, 6) is 0. The van der Waals surface area contributed by atoms with Gasteiger partial charge in [0.05, 0.1) is 16.9 Å². The molecule has 4 heteroatoms. The normalized spacial score (nSPS) is 13.5. The largest absolute Gasteiger partial charge is 0.290 e. The molecule has 6 aromatic rings. The van der Waals surface area contributed by atoms with Crippen molar-refractivity contribution in [1.82, 2.24) is 19.4 Å². The van der Waals surface area contributed by atoms with Crippen LogP contribution in [0.15, 0.2) is 73.1 Å². The van der Waals surface area contributed by atoms with Crippen LogP contribution >= 0.6 is 0 Å². The van der Waals surface area contributed by atoms with Crippen LogP contribution in [0.1, 0.15) is 22.4 Å². The van der Waals surface area contributed by atoms with Crippen molar-refractivity contribution in [3.05, 3.63) is 95.4 Å². The van der Waals surface area contributed by atoms with Crippen molar-refractivity contribution >= 4 is 27.6 Å². The van der Waals surface area contributed by atoms with E-state index in [1.807, 2.05) is 24.5 Å². The van der Waals surface area contributed by atoms with Crippen LogP contribution in [0.2, 0.25) is 0 Å². The van der Waals surface area contributed by atoms with Crippen molar-refractivity contribution in [2.24, 2.45) is 0 Å². The second kappa shape index (κ2) is 5.35. The maximum atomic E-state index is 5.16. The van der Waals surface area contributed by atoms with Gasteiger partial charge in [0, 0.05) is 29.8 Å². The summed E-state index contributed by atoms with van der Waals surface area (Å²) < 4.78 is 2.33. The Kier molecular flexibility index (Phi) is 2.72. The number of benzene rings is 2. The molecule has 31 heavy (non-hydrogen) atoms. The lowest BCUT2D eigenvalue weighted by molar-refractivity contribution is 1.16. The van der Waals surface area contributed by atoms with Gasteiger partial charge in [-0.15, -0.1) is 0 Å². The van der Waals surface area contributed by atoms with Crippen molar-refractivity contribution in [2.45, 2.75) is 12.8 Å². The molecule has 0 radical (unpaired) electrons. The number of hydrogen-bond donors (Lipinski definition) is 0. The van der Waals surface area contributed by atoms with Crippen molar-refractivity contribution in [3.8, 4) is 22.4 Å². The summed E-state index contributed by atoms with van der Waals surface area (Å²) in [6.07, 6.45) is 5.54. The van der Waals surface area contributed by atoms with Gasteiger partial charge in [0.1, 0.15) is 16.7 Å². The Balaban J connectivity index is 1.55. The van der Waals surface area contributed by atoms with Crippen LogP contribution < -0.4 is 0 Å². The third-order valence-electron chi connectivity index (χ3n) is 6.92. The second-order valence-corrected chi connectivity index (χ2v) is 8.47. The fourth-order valence-electron chi connectivity index (χ4n) is 5.68. The smallest absolute Gasteiger partial charge is 0.147 e. The molecular formula is C27H16N4. The van der Waals surface area contributed by atoms with Crippen LogP contribution in [-0.2, 0) is 12.8 Å². The summed E-state index contributed by atoms with van der Waals surface area (Å²) in [6, 6.07) is 21.6. The molecule has 0 amide bonds. The van der Waals surface area contributed by atoms with Gasteiger partial charge in [0.15, 0.2) is 0 Å². The molecule has 4 nitrogen and oxygen atoms in total. The van der Waals surface area contributed by atoms with Gasteiger partial charge in [-0.2, -0.15) is 0 Å². The molecule has 0 N–H and O–H groups in total. The molecule has 0 aliphatic heterocycles. The van der Waals surface area contributed by atoms with Crippen molar-refractivity contribution < 1.29 is 0 Å². The molecule has 0 saturated carbocycles. The maximum Gasteiger partial charge on any atom is 0.147 e. The van der Waals surface area contributed by atoms with Gasteiger partial charge in [0.2, 0.25) is 0 Å². The van der Waals surface area contributed by atoms with Crippen LogP contribution in [-0.4, -0.2) is 19.4 Å². The van der Waals surface area contributed by atoms with E-state index in [0.717, 1.165) is 46.1 Å². The summed E-state index contributed by atoms with van der Waals surface area (Å²) in [5, 5.41) is 1.06. The molecule has 0 bridgehead atoms. The molecule has 144 valence electrons. The van der Waals surface area contributed by atoms with E-state index in [9.17, 15) is 0 Å². The Morgan fingerprint density at radius 1 is 0.710 bits per heavy atom. The van der Waals surface area contributed by atoms with Crippen molar-refractivity contribution in [3.63, 3.8) is 0 Å². The van der Waals surface area contributed by atoms with E-state index in [2.05, 4.69) is 57.9 Å². The first-order chi connectivity index (χ1) is 15.4. The minimum Gasteiger partial charge on any atom is -0.290 e. The van der Waals surface area contributed by atoms with Gasteiger partial charge in [-0.1, -0.05) is 36.4 Å². The van der Waals surface area contributed by atoms with Gasteiger partial charge in [-0.3, -0.25) is 14.4 Å². The Morgan fingerprint density at radius 2 is 1.58 bits per heavy atom. The molecule has 2 aromatic carbocycles. The first kappa shape index (κ1) is 15.7. The molecule has 0 fully saturated rings. The zero-order valence-electron chi connectivity index (χ0n) is 16.6. The summed E-state index contributed by atoms with van der Waals surface area (Å²) in [5.41, 5.74) is 14.6. The highest BCUT2D eigenvalue weighted by Gasteiger charge is 2.32. The molecule has 0 unspecified atom stereocenters. The van der Waals surface area contributed by atoms with Gasteiger partial charge in [-0.25, -0.2) is 4.98 Å². The van der Waals surface area contributed by atoms with E-state index in [1.54, 1.807) is 0 Å². The molecule has 4 heterocycles. The maximum absolute atomic E-state index is 5.16. The average molecular weight is 396 g/mol. The van der Waals surface area contributed by atoms with Gasteiger partial charge in [0.25, 0.3) is 0 Å². The number of pyridine rings is 3. The Labute approximate surface area is 177 Å². The second-order valence-electron chi connectivity index (χ2n) is 8.47. The Morgan fingerprint density at radius 3 is 2.55 bits per heavy atom. The van der Waals surface area contributed by atoms with Crippen LogP contribution in [0, 0.1) is 0 Å². The van der Waals surface area contributed by atoms with Gasteiger partial charge >= 0.3 is 0 Å². The van der Waals surface area contributed by atoms with Crippen LogP contribution in [0.3, 0.4) is 0 Å². The van der Waals surface area contributed by atoms with E-state index < -0.39 is 0 Å². The summed E-state index contributed by atoms with van der Waals surface area (Å²) >= 11 is 0. The predicted molar refractivity (Wildman–Crippen MR) is 122 cm³/mol. The third-order valence-corrected chi connectivity index (χ3v) is 6.92. The summed E-state index contributed by atoms with van der Waals surface area (Å²) in [6.45, 7) is 0. The molecule has 2 aliphatic carbocycles. The van der Waals surface area contributed by atoms with Crippen LogP contribution in [0.25, 0.3) is 50.0 Å². The fraction of sp³-hybridized carbons (Fsp3) is 0.0741. The molecule has 0 saturated heterocycles. The first-order valence-electron chi connectivity index (χ1n) is 10.6. The lowest BCUT2D eigenvalue weighted by atomic mass is 9.97. The molecule has 2 aliphatic rings. The van der Waals surface area contributed by atoms with E-state index in [4.69, 9.17) is 9.97 Å². The lowest BCUT2D eigenvalue weighted by Gasteiger charge is -2.12. The number of fused-ring (bicyclic) bond motifs is 14. The first-order valence-corrected chi connectivity index (χ1v) is 10.6. The third kappa shape index (κ3) is 1.84. The van der Waals surface area contributed by atoms with E-state index in [0.29, 0.717) is 0 Å². The molecule has 8 rings (SSSR count). The lowest BCUT2D eigenvalue weighted by Crippen LogP contribution is -1.98. The number of rotatable bonds is 0. The monoisotopic (exact) mass is 396 g/mol. The highest BCUT2D eigenvalue weighted by atomic mass is 15.1. The summed E-state index contributed by atoms with van der Waals surface area (Å²) in [7, 11) is 0. The standard InChI is InChI=1S/C27H16N4/c1-2-6-17-15(5-1)13-20-18(17)10-9-16-14-21-26(23(16)20)31-22-8-4-12-29-25(22)24-19(27(31)30-21)7-3-11-28-24/h1-12H,13-14H2. The van der Waals surface area contributed by atoms with Crippen molar-refractivity contribution in [1.29, 1.82) is 0 Å². The minimum absolute atomic E-state index is 0.874. The van der Waals surface area contributed by atoms with E-state index in [1.165, 1.54) is 39.1 Å². The molecule has 0 atom stereocenters. The molecule has 4 aromatic heterocycles. The number of nitrogens with zero attached hydrogens (tertiary/aromatic N) is 4. The Hall–Kier alpha value is -4.05. The van der Waals surface area contributed by atoms with E-state index in [-0.39, 0.29) is 0 Å². The SMILES string of the molecule is c1ccc2c(c1)Cc1c-2ccc2c1-c1c(nc3c4cccnc4c4ncccc4n13)C2. The Bertz CT molecular complexity index is 1740. The topological polar surface area (TPSA) is 43.1 Å². The number of hydrogen-bond acceptors (Lipinski definition) is 3. The van der Waals surface area contributed by atoms with Crippen LogP contribution in [0.4, 0.5) is 0 Å². The van der Waals surface area contributed by atoms with Crippen LogP contribution in [0.5, 0.6) is 0 Å². The predicted octanol–water partition coefficient (Wildman–Crippen LogP) is 5.57. The van der Waals surface area contributed by atoms with Crippen molar-refractivity contribution in [2.75, 3.05) is 0 Å². The fourth-order valence-corrected chi connectivity index (χ4v) is 5.68. The summed E-state index contributed by atoms with van der Waals surface area (Å²) in [4.78, 5) is 14.5. The van der Waals surface area contributed by atoms with Gasteiger partial charge < -0.3 is 0 Å². The zero-order chi connectivity index (χ0) is 20.1. The highest BCUT2D eigenvalue weighted by Crippen LogP contribution is 2.48. The number of imidazole rings is 1. The molecule has 0 spiro atoms. The average Bonchev–Trinajstić information content (AvgIpc) is 3.48. The highest BCUT2D eigenvalue weighted by molar-refractivity contribution is 6.09. The van der Waals surface area contributed by atoms with Gasteiger partial charge in [-0.05, 0) is 58.5 Å². The molecular weight excluding hydrogens is 380 g/mol. The zero-order valence-corrected chi connectivity index (χ0v) is 16.6. The minimum atomic E-state index is 0.874.